The number of thiophene rings is 1. The maximum Gasteiger partial charge on any atom is 0.0414 e. The molecule has 94 valence electrons. The highest BCUT2D eigenvalue weighted by Crippen LogP contribution is 2.22. The summed E-state index contributed by atoms with van der Waals surface area (Å²) in [5, 5.41) is 5.71. The fourth-order valence-electron chi connectivity index (χ4n) is 1.96. The molecule has 18 heavy (non-hydrogen) atoms. The predicted octanol–water partition coefficient (Wildman–Crippen LogP) is 4.50. The van der Waals surface area contributed by atoms with Crippen molar-refractivity contribution in [1.82, 2.24) is 5.32 Å². The molecule has 0 spiro atoms. The van der Waals surface area contributed by atoms with Crippen LogP contribution in [0, 0.1) is 0 Å². The van der Waals surface area contributed by atoms with Gasteiger partial charge in [0.1, 0.15) is 0 Å². The molecule has 1 aromatic carbocycles. The number of benzene rings is 1. The largest absolute Gasteiger partial charge is 0.305 e. The minimum absolute atomic E-state index is 0.436. The second kappa shape index (κ2) is 6.53. The summed E-state index contributed by atoms with van der Waals surface area (Å²) < 4.78 is 0. The summed E-state index contributed by atoms with van der Waals surface area (Å²) >= 11 is 1.81. The van der Waals surface area contributed by atoms with Gasteiger partial charge in [-0.15, -0.1) is 11.3 Å². The molecule has 2 heteroatoms. The predicted molar refractivity (Wildman–Crippen MR) is 80.8 cm³/mol. The molecule has 2 aromatic rings. The molecule has 0 radical (unpaired) electrons. The zero-order valence-electron chi connectivity index (χ0n) is 10.7. The molecule has 0 aliphatic heterocycles. The number of rotatable bonds is 6. The van der Waals surface area contributed by atoms with Crippen molar-refractivity contribution in [2.24, 2.45) is 0 Å². The first-order valence-corrected chi connectivity index (χ1v) is 7.19. The molecule has 0 aliphatic carbocycles. The molecular weight excluding hydrogens is 238 g/mol. The molecule has 0 fully saturated rings. The van der Waals surface area contributed by atoms with Crippen LogP contribution in [-0.2, 0) is 0 Å². The molecule has 2 rings (SSSR count). The fraction of sp³-hybridized carbons (Fsp3) is 0.250. The second-order valence-corrected chi connectivity index (χ2v) is 5.31. The van der Waals surface area contributed by atoms with Crippen LogP contribution in [0.25, 0.3) is 5.57 Å². The van der Waals surface area contributed by atoms with Crippen molar-refractivity contribution in [3.8, 4) is 0 Å². The van der Waals surface area contributed by atoms with Gasteiger partial charge in [-0.3, -0.25) is 0 Å². The van der Waals surface area contributed by atoms with Gasteiger partial charge in [0.25, 0.3) is 0 Å². The molecule has 0 saturated carbocycles. The lowest BCUT2D eigenvalue weighted by Gasteiger charge is -2.16. The van der Waals surface area contributed by atoms with Crippen LogP contribution >= 0.6 is 11.3 Å². The van der Waals surface area contributed by atoms with Gasteiger partial charge < -0.3 is 5.32 Å². The molecule has 0 amide bonds. The van der Waals surface area contributed by atoms with Gasteiger partial charge >= 0.3 is 0 Å². The Labute approximate surface area is 113 Å². The lowest BCUT2D eigenvalue weighted by molar-refractivity contribution is 0.564. The van der Waals surface area contributed by atoms with Crippen molar-refractivity contribution in [3.05, 3.63) is 64.9 Å². The van der Waals surface area contributed by atoms with E-state index in [-0.39, 0.29) is 0 Å². The highest BCUT2D eigenvalue weighted by molar-refractivity contribution is 7.10. The Hall–Kier alpha value is -1.38. The van der Waals surface area contributed by atoms with Crippen molar-refractivity contribution in [2.75, 3.05) is 6.54 Å². The van der Waals surface area contributed by atoms with Gasteiger partial charge in [0.2, 0.25) is 0 Å². The zero-order valence-corrected chi connectivity index (χ0v) is 11.5. The SMILES string of the molecule is C=C(CNC(CC)c1cccs1)c1ccccc1. The number of hydrogen-bond donors (Lipinski definition) is 1. The van der Waals surface area contributed by atoms with E-state index in [9.17, 15) is 0 Å². The van der Waals surface area contributed by atoms with Crippen LogP contribution in [0.15, 0.2) is 54.4 Å². The molecule has 1 atom stereocenters. The molecule has 0 saturated heterocycles. The maximum atomic E-state index is 4.15. The quantitative estimate of drug-likeness (QED) is 0.803. The molecule has 1 aromatic heterocycles. The first-order valence-electron chi connectivity index (χ1n) is 6.31. The number of hydrogen-bond acceptors (Lipinski definition) is 2. The minimum atomic E-state index is 0.436. The van der Waals surface area contributed by atoms with E-state index < -0.39 is 0 Å². The van der Waals surface area contributed by atoms with Crippen molar-refractivity contribution in [1.29, 1.82) is 0 Å². The van der Waals surface area contributed by atoms with Gasteiger partial charge in [0.05, 0.1) is 0 Å². The van der Waals surface area contributed by atoms with Gasteiger partial charge in [-0.05, 0) is 29.0 Å². The summed E-state index contributed by atoms with van der Waals surface area (Å²) in [7, 11) is 0. The summed E-state index contributed by atoms with van der Waals surface area (Å²) in [6.07, 6.45) is 1.10. The number of nitrogens with one attached hydrogen (secondary N) is 1. The lowest BCUT2D eigenvalue weighted by Crippen LogP contribution is -2.21. The topological polar surface area (TPSA) is 12.0 Å². The third kappa shape index (κ3) is 3.31. The summed E-state index contributed by atoms with van der Waals surface area (Å²) in [5.74, 6) is 0. The van der Waals surface area contributed by atoms with Gasteiger partial charge in [-0.25, -0.2) is 0 Å². The average molecular weight is 257 g/mol. The van der Waals surface area contributed by atoms with Gasteiger partial charge in [0.15, 0.2) is 0 Å². The van der Waals surface area contributed by atoms with Gasteiger partial charge in [-0.2, -0.15) is 0 Å². The standard InChI is InChI=1S/C16H19NS/c1-3-15(16-10-7-11-18-16)17-12-13(2)14-8-5-4-6-9-14/h4-11,15,17H,2-3,12H2,1H3. The molecule has 0 aliphatic rings. The Morgan fingerprint density at radius 3 is 2.61 bits per heavy atom. The van der Waals surface area contributed by atoms with Crippen molar-refractivity contribution in [3.63, 3.8) is 0 Å². The highest BCUT2D eigenvalue weighted by Gasteiger charge is 2.09. The van der Waals surface area contributed by atoms with Crippen LogP contribution in [0.2, 0.25) is 0 Å². The van der Waals surface area contributed by atoms with E-state index in [1.165, 1.54) is 10.4 Å². The Morgan fingerprint density at radius 2 is 2.00 bits per heavy atom. The van der Waals surface area contributed by atoms with Crippen LogP contribution in [-0.4, -0.2) is 6.54 Å². The van der Waals surface area contributed by atoms with E-state index >= 15 is 0 Å². The maximum absolute atomic E-state index is 4.15. The third-order valence-corrected chi connectivity index (χ3v) is 4.02. The molecular formula is C16H19NS. The summed E-state index contributed by atoms with van der Waals surface area (Å²) in [6, 6.07) is 15.1. The van der Waals surface area contributed by atoms with E-state index in [2.05, 4.69) is 60.6 Å². The van der Waals surface area contributed by atoms with E-state index in [4.69, 9.17) is 0 Å². The summed E-state index contributed by atoms with van der Waals surface area (Å²) in [5.41, 5.74) is 2.36. The van der Waals surface area contributed by atoms with Gasteiger partial charge in [-0.1, -0.05) is 49.9 Å². The van der Waals surface area contributed by atoms with Crippen molar-refractivity contribution < 1.29 is 0 Å². The van der Waals surface area contributed by atoms with Crippen molar-refractivity contribution >= 4 is 16.9 Å². The molecule has 0 bridgehead atoms. The third-order valence-electron chi connectivity index (χ3n) is 3.04. The molecule has 1 unspecified atom stereocenters. The normalized spacial score (nSPS) is 12.3. The Kier molecular flexibility index (Phi) is 4.73. The molecule has 1 nitrogen and oxygen atoms in total. The smallest absolute Gasteiger partial charge is 0.0414 e. The Morgan fingerprint density at radius 1 is 1.22 bits per heavy atom. The highest BCUT2D eigenvalue weighted by atomic mass is 32.1. The minimum Gasteiger partial charge on any atom is -0.305 e. The Bertz CT molecular complexity index is 473. The summed E-state index contributed by atoms with van der Waals surface area (Å²) in [4.78, 5) is 1.40. The average Bonchev–Trinajstić information content (AvgIpc) is 2.94. The van der Waals surface area contributed by atoms with Crippen LogP contribution < -0.4 is 5.32 Å². The zero-order chi connectivity index (χ0) is 12.8. The van der Waals surface area contributed by atoms with Crippen LogP contribution in [0.3, 0.4) is 0 Å². The van der Waals surface area contributed by atoms with Crippen LogP contribution in [0.1, 0.15) is 29.8 Å². The molecule has 1 heterocycles. The summed E-state index contributed by atoms with van der Waals surface area (Å²) in [6.45, 7) is 7.20. The van der Waals surface area contributed by atoms with Gasteiger partial charge in [0, 0.05) is 17.5 Å². The van der Waals surface area contributed by atoms with E-state index in [0.29, 0.717) is 6.04 Å². The van der Waals surface area contributed by atoms with E-state index in [1.54, 1.807) is 0 Å². The van der Waals surface area contributed by atoms with Crippen LogP contribution in [0.4, 0.5) is 0 Å². The molecule has 1 N–H and O–H groups in total. The Balaban J connectivity index is 1.93. The van der Waals surface area contributed by atoms with E-state index in [1.807, 2.05) is 17.4 Å². The second-order valence-electron chi connectivity index (χ2n) is 4.33. The first-order chi connectivity index (χ1) is 8.81. The van der Waals surface area contributed by atoms with Crippen LogP contribution in [0.5, 0.6) is 0 Å². The lowest BCUT2D eigenvalue weighted by atomic mass is 10.1. The fourth-order valence-corrected chi connectivity index (χ4v) is 2.84. The monoisotopic (exact) mass is 257 g/mol. The van der Waals surface area contributed by atoms with Crippen molar-refractivity contribution in [2.45, 2.75) is 19.4 Å². The van der Waals surface area contributed by atoms with E-state index in [0.717, 1.165) is 18.5 Å². The first kappa shape index (κ1) is 13.1.